The summed E-state index contributed by atoms with van der Waals surface area (Å²) in [5.41, 5.74) is 1.18. The van der Waals surface area contributed by atoms with E-state index in [2.05, 4.69) is 25.2 Å². The van der Waals surface area contributed by atoms with Gasteiger partial charge in [-0.2, -0.15) is 0 Å². The van der Waals surface area contributed by atoms with Gasteiger partial charge in [0.2, 0.25) is 0 Å². The second-order valence-corrected chi connectivity index (χ2v) is 4.82. The van der Waals surface area contributed by atoms with Crippen LogP contribution < -0.4 is 5.32 Å². The zero-order valence-corrected chi connectivity index (χ0v) is 11.5. The summed E-state index contributed by atoms with van der Waals surface area (Å²) in [6.07, 6.45) is 0.934. The van der Waals surface area contributed by atoms with Gasteiger partial charge in [-0.1, -0.05) is 30.7 Å². The highest BCUT2D eigenvalue weighted by atomic mass is 35.5. The number of rotatable bonds is 5. The highest BCUT2D eigenvalue weighted by Crippen LogP contribution is 2.18. The molecule has 0 saturated heterocycles. The molecule has 0 bridgehead atoms. The molecule has 0 aliphatic carbocycles. The van der Waals surface area contributed by atoms with Gasteiger partial charge in [0.1, 0.15) is 11.5 Å². The Morgan fingerprint density at radius 2 is 2.00 bits per heavy atom. The first-order chi connectivity index (χ1) is 8.69. The van der Waals surface area contributed by atoms with E-state index in [4.69, 9.17) is 16.0 Å². The van der Waals surface area contributed by atoms with Crippen LogP contribution in [0.15, 0.2) is 40.8 Å². The second-order valence-electron chi connectivity index (χ2n) is 4.38. The van der Waals surface area contributed by atoms with Gasteiger partial charge in [0.25, 0.3) is 0 Å². The lowest BCUT2D eigenvalue weighted by molar-refractivity contribution is 0.435. The van der Waals surface area contributed by atoms with E-state index in [0.29, 0.717) is 0 Å². The summed E-state index contributed by atoms with van der Waals surface area (Å²) in [4.78, 5) is 0. The first-order valence-electron chi connectivity index (χ1n) is 6.25. The third-order valence-electron chi connectivity index (χ3n) is 3.00. The molecule has 0 aliphatic rings. The van der Waals surface area contributed by atoms with Crippen molar-refractivity contribution in [1.29, 1.82) is 0 Å². The van der Waals surface area contributed by atoms with Crippen molar-refractivity contribution in [3.8, 4) is 0 Å². The van der Waals surface area contributed by atoms with E-state index in [1.807, 2.05) is 30.3 Å². The zero-order chi connectivity index (χ0) is 13.0. The van der Waals surface area contributed by atoms with E-state index in [1.54, 1.807) is 0 Å². The Morgan fingerprint density at radius 1 is 1.22 bits per heavy atom. The quantitative estimate of drug-likeness (QED) is 0.868. The van der Waals surface area contributed by atoms with Crippen LogP contribution in [-0.2, 0) is 13.0 Å². The van der Waals surface area contributed by atoms with E-state index < -0.39 is 0 Å². The molecule has 0 saturated carbocycles. The van der Waals surface area contributed by atoms with E-state index in [9.17, 15) is 0 Å². The van der Waals surface area contributed by atoms with Gasteiger partial charge in [-0.05, 0) is 36.8 Å². The molecule has 96 valence electrons. The lowest BCUT2D eigenvalue weighted by atomic mass is 10.1. The molecule has 1 atom stereocenters. The Bertz CT molecular complexity index is 507. The average Bonchev–Trinajstić information content (AvgIpc) is 2.84. The molecule has 0 radical (unpaired) electrons. The van der Waals surface area contributed by atoms with Crippen molar-refractivity contribution in [2.75, 3.05) is 0 Å². The largest absolute Gasteiger partial charge is 0.465 e. The van der Waals surface area contributed by atoms with Crippen LogP contribution in [0.1, 0.15) is 37.0 Å². The maximum atomic E-state index is 5.98. The third-order valence-corrected chi connectivity index (χ3v) is 3.23. The SMILES string of the molecule is CCc1ccc(CN[C@H](C)c2cccc(Cl)c2)o1. The Morgan fingerprint density at radius 3 is 2.67 bits per heavy atom. The highest BCUT2D eigenvalue weighted by Gasteiger charge is 2.07. The van der Waals surface area contributed by atoms with Crippen molar-refractivity contribution in [2.45, 2.75) is 32.9 Å². The van der Waals surface area contributed by atoms with Crippen LogP contribution in [0.25, 0.3) is 0 Å². The number of nitrogens with one attached hydrogen (secondary N) is 1. The fraction of sp³-hybridized carbons (Fsp3) is 0.333. The Kier molecular flexibility index (Phi) is 4.45. The number of halogens is 1. The van der Waals surface area contributed by atoms with E-state index in [-0.39, 0.29) is 6.04 Å². The lowest BCUT2D eigenvalue weighted by Crippen LogP contribution is -2.17. The molecule has 18 heavy (non-hydrogen) atoms. The van der Waals surface area contributed by atoms with E-state index in [1.165, 1.54) is 5.56 Å². The molecule has 2 rings (SSSR count). The number of furan rings is 1. The Labute approximate surface area is 113 Å². The summed E-state index contributed by atoms with van der Waals surface area (Å²) in [6.45, 7) is 4.94. The molecule has 1 N–H and O–H groups in total. The van der Waals surface area contributed by atoms with Crippen LogP contribution in [-0.4, -0.2) is 0 Å². The van der Waals surface area contributed by atoms with Crippen molar-refractivity contribution in [3.63, 3.8) is 0 Å². The average molecular weight is 264 g/mol. The fourth-order valence-corrected chi connectivity index (χ4v) is 2.05. The van der Waals surface area contributed by atoms with Crippen molar-refractivity contribution in [3.05, 3.63) is 58.5 Å². The minimum absolute atomic E-state index is 0.249. The van der Waals surface area contributed by atoms with Gasteiger partial charge >= 0.3 is 0 Å². The predicted molar refractivity (Wildman–Crippen MR) is 74.8 cm³/mol. The Hall–Kier alpha value is -1.25. The lowest BCUT2D eigenvalue weighted by Gasteiger charge is -2.13. The summed E-state index contributed by atoms with van der Waals surface area (Å²) in [5, 5.41) is 4.20. The standard InChI is InChI=1S/C15H18ClNO/c1-3-14-7-8-15(18-14)10-17-11(2)12-5-4-6-13(16)9-12/h4-9,11,17H,3,10H2,1-2H3/t11-/m1/s1. The maximum Gasteiger partial charge on any atom is 0.117 e. The molecule has 0 amide bonds. The summed E-state index contributed by atoms with van der Waals surface area (Å²) in [7, 11) is 0. The van der Waals surface area contributed by atoms with E-state index in [0.717, 1.165) is 29.5 Å². The van der Waals surface area contributed by atoms with Crippen LogP contribution in [0.2, 0.25) is 5.02 Å². The number of aryl methyl sites for hydroxylation is 1. The van der Waals surface area contributed by atoms with Gasteiger partial charge in [-0.25, -0.2) is 0 Å². The molecule has 2 nitrogen and oxygen atoms in total. The normalized spacial score (nSPS) is 12.6. The van der Waals surface area contributed by atoms with Gasteiger partial charge in [-0.3, -0.25) is 0 Å². The molecule has 0 fully saturated rings. The van der Waals surface area contributed by atoms with Crippen molar-refractivity contribution in [2.24, 2.45) is 0 Å². The number of hydrogen-bond donors (Lipinski definition) is 1. The van der Waals surface area contributed by atoms with Gasteiger partial charge in [0, 0.05) is 17.5 Å². The number of benzene rings is 1. The first-order valence-corrected chi connectivity index (χ1v) is 6.63. The molecule has 0 unspecified atom stereocenters. The molecular formula is C15H18ClNO. The summed E-state index contributed by atoms with van der Waals surface area (Å²) in [6, 6.07) is 12.2. The van der Waals surface area contributed by atoms with E-state index >= 15 is 0 Å². The summed E-state index contributed by atoms with van der Waals surface area (Å²) >= 11 is 5.98. The van der Waals surface area contributed by atoms with Gasteiger partial charge in [0.05, 0.1) is 6.54 Å². The molecule has 1 aromatic heterocycles. The van der Waals surface area contributed by atoms with Crippen molar-refractivity contribution in [1.82, 2.24) is 5.32 Å². The summed E-state index contributed by atoms with van der Waals surface area (Å²) in [5.74, 6) is 2.00. The highest BCUT2D eigenvalue weighted by molar-refractivity contribution is 6.30. The van der Waals surface area contributed by atoms with Crippen LogP contribution in [0, 0.1) is 0 Å². The minimum Gasteiger partial charge on any atom is -0.465 e. The molecule has 0 aliphatic heterocycles. The first kappa shape index (κ1) is 13.2. The van der Waals surface area contributed by atoms with Crippen molar-refractivity contribution >= 4 is 11.6 Å². The zero-order valence-electron chi connectivity index (χ0n) is 10.7. The molecule has 1 aromatic carbocycles. The van der Waals surface area contributed by atoms with Crippen LogP contribution in [0.5, 0.6) is 0 Å². The molecular weight excluding hydrogens is 246 g/mol. The number of hydrogen-bond acceptors (Lipinski definition) is 2. The Balaban J connectivity index is 1.93. The molecule has 0 spiro atoms. The maximum absolute atomic E-state index is 5.98. The molecule has 3 heteroatoms. The van der Waals surface area contributed by atoms with Gasteiger partial charge < -0.3 is 9.73 Å². The van der Waals surface area contributed by atoms with Crippen LogP contribution >= 0.6 is 11.6 Å². The summed E-state index contributed by atoms with van der Waals surface area (Å²) < 4.78 is 5.65. The topological polar surface area (TPSA) is 25.2 Å². The predicted octanol–water partition coefficient (Wildman–Crippen LogP) is 4.35. The third kappa shape index (κ3) is 3.37. The van der Waals surface area contributed by atoms with Crippen molar-refractivity contribution < 1.29 is 4.42 Å². The fourth-order valence-electron chi connectivity index (χ4n) is 1.85. The molecule has 1 heterocycles. The molecule has 2 aromatic rings. The van der Waals surface area contributed by atoms with Gasteiger partial charge in [0.15, 0.2) is 0 Å². The second kappa shape index (κ2) is 6.07. The monoisotopic (exact) mass is 263 g/mol. The smallest absolute Gasteiger partial charge is 0.117 e. The van der Waals surface area contributed by atoms with Crippen LogP contribution in [0.3, 0.4) is 0 Å². The minimum atomic E-state index is 0.249. The van der Waals surface area contributed by atoms with Crippen LogP contribution in [0.4, 0.5) is 0 Å². The van der Waals surface area contributed by atoms with Gasteiger partial charge in [-0.15, -0.1) is 0 Å².